The molecule has 0 aliphatic carbocycles. The van der Waals surface area contributed by atoms with E-state index in [9.17, 15) is 23.1 Å². The first-order chi connectivity index (χ1) is 14.3. The highest BCUT2D eigenvalue weighted by atomic mass is 32.2. The van der Waals surface area contributed by atoms with E-state index in [2.05, 4.69) is 10.6 Å². The molecule has 2 aliphatic heterocycles. The molecule has 158 valence electrons. The van der Waals surface area contributed by atoms with Gasteiger partial charge in [-0.05, 0) is 36.4 Å². The van der Waals surface area contributed by atoms with E-state index < -0.39 is 15.9 Å². The molecule has 3 N–H and O–H groups in total. The lowest BCUT2D eigenvalue weighted by Gasteiger charge is -2.26. The molecule has 0 unspecified atom stereocenters. The van der Waals surface area contributed by atoms with Crippen LogP contribution < -0.4 is 10.6 Å². The van der Waals surface area contributed by atoms with Crippen molar-refractivity contribution in [2.75, 3.05) is 42.7 Å². The van der Waals surface area contributed by atoms with Gasteiger partial charge in [0.2, 0.25) is 15.9 Å². The van der Waals surface area contributed by atoms with Crippen LogP contribution >= 0.6 is 11.8 Å². The first kappa shape index (κ1) is 20.7. The third-order valence-corrected chi connectivity index (χ3v) is 7.67. The standard InChI is InChI=1S/C19H19N3O6S2/c23-16-3-2-13(30(26,27)22-5-7-28-8-6-22)10-14(16)21-19(25)12-1-4-17-15(9-12)20-18(24)11-29-17/h1-4,9-10,23H,5-8,11H2,(H,20,24)(H,21,25). The van der Waals surface area contributed by atoms with E-state index in [1.807, 2.05) is 0 Å². The number of sulfonamides is 1. The molecule has 0 radical (unpaired) electrons. The third-order valence-electron chi connectivity index (χ3n) is 4.70. The molecular formula is C19H19N3O6S2. The Labute approximate surface area is 177 Å². The molecule has 2 heterocycles. The molecule has 0 saturated carbocycles. The Morgan fingerprint density at radius 3 is 2.70 bits per heavy atom. The van der Waals surface area contributed by atoms with Crippen LogP contribution in [0.25, 0.3) is 0 Å². The molecule has 0 bridgehead atoms. The van der Waals surface area contributed by atoms with E-state index in [-0.39, 0.29) is 40.9 Å². The number of morpholine rings is 1. The summed E-state index contributed by atoms with van der Waals surface area (Å²) in [5.74, 6) is -0.634. The Morgan fingerprint density at radius 2 is 1.93 bits per heavy atom. The molecule has 2 aromatic rings. The maximum absolute atomic E-state index is 12.8. The Morgan fingerprint density at radius 1 is 1.17 bits per heavy atom. The fourth-order valence-electron chi connectivity index (χ4n) is 3.13. The summed E-state index contributed by atoms with van der Waals surface area (Å²) in [7, 11) is -3.78. The maximum Gasteiger partial charge on any atom is 0.255 e. The Hall–Kier alpha value is -2.60. The minimum Gasteiger partial charge on any atom is -0.506 e. The lowest BCUT2D eigenvalue weighted by molar-refractivity contribution is -0.113. The highest BCUT2D eigenvalue weighted by Crippen LogP contribution is 2.33. The summed E-state index contributed by atoms with van der Waals surface area (Å²) in [6.07, 6.45) is 0. The van der Waals surface area contributed by atoms with Gasteiger partial charge in [0.25, 0.3) is 5.91 Å². The molecule has 2 aromatic carbocycles. The normalized spacial score (nSPS) is 17.1. The number of nitrogens with zero attached hydrogens (tertiary/aromatic N) is 1. The van der Waals surface area contributed by atoms with E-state index in [1.54, 1.807) is 18.2 Å². The lowest BCUT2D eigenvalue weighted by Crippen LogP contribution is -2.40. The number of fused-ring (bicyclic) bond motifs is 1. The van der Waals surface area contributed by atoms with Gasteiger partial charge in [0, 0.05) is 23.5 Å². The number of hydrogen-bond acceptors (Lipinski definition) is 7. The average Bonchev–Trinajstić information content (AvgIpc) is 2.75. The van der Waals surface area contributed by atoms with Gasteiger partial charge in [-0.3, -0.25) is 9.59 Å². The van der Waals surface area contributed by atoms with Crippen LogP contribution in [0.15, 0.2) is 46.2 Å². The number of carbonyl (C=O) groups excluding carboxylic acids is 2. The van der Waals surface area contributed by atoms with Crippen molar-refractivity contribution in [1.29, 1.82) is 0 Å². The smallest absolute Gasteiger partial charge is 0.255 e. The van der Waals surface area contributed by atoms with Gasteiger partial charge in [0.15, 0.2) is 0 Å². The second kappa shape index (κ2) is 8.26. The van der Waals surface area contributed by atoms with Gasteiger partial charge in [0.05, 0.1) is 35.2 Å². The fraction of sp³-hybridized carbons (Fsp3) is 0.263. The summed E-state index contributed by atoms with van der Waals surface area (Å²) >= 11 is 1.38. The number of amides is 2. The van der Waals surface area contributed by atoms with Crippen LogP contribution in [0.5, 0.6) is 5.75 Å². The number of hydrogen-bond donors (Lipinski definition) is 3. The van der Waals surface area contributed by atoms with Gasteiger partial charge in [-0.2, -0.15) is 4.31 Å². The first-order valence-electron chi connectivity index (χ1n) is 9.13. The number of rotatable bonds is 4. The van der Waals surface area contributed by atoms with Crippen LogP contribution in [0.3, 0.4) is 0 Å². The maximum atomic E-state index is 12.8. The molecule has 11 heteroatoms. The van der Waals surface area contributed by atoms with Gasteiger partial charge >= 0.3 is 0 Å². The van der Waals surface area contributed by atoms with Crippen LogP contribution in [-0.2, 0) is 19.6 Å². The van der Waals surface area contributed by atoms with Crippen LogP contribution in [0, 0.1) is 0 Å². The second-order valence-electron chi connectivity index (χ2n) is 6.70. The quantitative estimate of drug-likeness (QED) is 0.607. The molecule has 30 heavy (non-hydrogen) atoms. The van der Waals surface area contributed by atoms with E-state index in [1.165, 1.54) is 34.3 Å². The highest BCUT2D eigenvalue weighted by molar-refractivity contribution is 8.00. The molecular weight excluding hydrogens is 430 g/mol. The predicted octanol–water partition coefficient (Wildman–Crippen LogP) is 1.71. The van der Waals surface area contributed by atoms with Crippen molar-refractivity contribution in [2.45, 2.75) is 9.79 Å². The molecule has 2 amide bonds. The molecule has 2 aliphatic rings. The summed E-state index contributed by atoms with van der Waals surface area (Å²) in [5, 5.41) is 15.4. The molecule has 1 fully saturated rings. The SMILES string of the molecule is O=C1CSc2ccc(C(=O)Nc3cc(S(=O)(=O)N4CCOCC4)ccc3O)cc2N1. The fourth-order valence-corrected chi connectivity index (χ4v) is 5.35. The van der Waals surface area contributed by atoms with Crippen LogP contribution in [0.2, 0.25) is 0 Å². The molecule has 4 rings (SSSR count). The van der Waals surface area contributed by atoms with Gasteiger partial charge in [0.1, 0.15) is 5.75 Å². The predicted molar refractivity (Wildman–Crippen MR) is 111 cm³/mol. The van der Waals surface area contributed by atoms with Crippen LogP contribution in [0.1, 0.15) is 10.4 Å². The lowest BCUT2D eigenvalue weighted by atomic mass is 10.1. The molecule has 0 spiro atoms. The van der Waals surface area contributed by atoms with Crippen molar-refractivity contribution < 1.29 is 27.9 Å². The van der Waals surface area contributed by atoms with E-state index in [0.717, 1.165) is 4.90 Å². The average molecular weight is 450 g/mol. The number of nitrogens with one attached hydrogen (secondary N) is 2. The van der Waals surface area contributed by atoms with Crippen molar-refractivity contribution in [2.24, 2.45) is 0 Å². The topological polar surface area (TPSA) is 125 Å². The largest absolute Gasteiger partial charge is 0.506 e. The Balaban J connectivity index is 1.57. The number of ether oxygens (including phenoxy) is 1. The van der Waals surface area contributed by atoms with E-state index in [0.29, 0.717) is 24.7 Å². The molecule has 9 nitrogen and oxygen atoms in total. The minimum atomic E-state index is -3.78. The van der Waals surface area contributed by atoms with Crippen molar-refractivity contribution in [3.05, 3.63) is 42.0 Å². The summed E-state index contributed by atoms with van der Waals surface area (Å²) in [6.45, 7) is 1.11. The minimum absolute atomic E-state index is 0.0227. The van der Waals surface area contributed by atoms with Gasteiger partial charge < -0.3 is 20.5 Å². The number of benzene rings is 2. The zero-order valence-electron chi connectivity index (χ0n) is 15.8. The number of anilines is 2. The van der Waals surface area contributed by atoms with Gasteiger partial charge in [-0.1, -0.05) is 0 Å². The van der Waals surface area contributed by atoms with Crippen molar-refractivity contribution >= 4 is 45.0 Å². The summed E-state index contributed by atoms with van der Waals surface area (Å²) in [6, 6.07) is 8.62. The third kappa shape index (κ3) is 4.15. The molecule has 1 saturated heterocycles. The van der Waals surface area contributed by atoms with Crippen LogP contribution in [-0.4, -0.2) is 61.7 Å². The first-order valence-corrected chi connectivity index (χ1v) is 11.6. The zero-order valence-corrected chi connectivity index (χ0v) is 17.4. The van der Waals surface area contributed by atoms with Crippen molar-refractivity contribution in [3.63, 3.8) is 0 Å². The summed E-state index contributed by atoms with van der Waals surface area (Å²) in [5.41, 5.74) is 0.777. The van der Waals surface area contributed by atoms with E-state index >= 15 is 0 Å². The van der Waals surface area contributed by atoms with Gasteiger partial charge in [-0.15, -0.1) is 11.8 Å². The monoisotopic (exact) mass is 449 g/mol. The number of phenols is 1. The Bertz CT molecular complexity index is 1110. The summed E-state index contributed by atoms with van der Waals surface area (Å²) < 4.78 is 32.2. The zero-order chi connectivity index (χ0) is 21.3. The van der Waals surface area contributed by atoms with E-state index in [4.69, 9.17) is 4.74 Å². The second-order valence-corrected chi connectivity index (χ2v) is 9.65. The number of thioether (sulfide) groups is 1. The highest BCUT2D eigenvalue weighted by Gasteiger charge is 2.27. The molecule has 0 atom stereocenters. The number of carbonyl (C=O) groups is 2. The number of phenolic OH excluding ortho intramolecular Hbond substituents is 1. The number of aromatic hydroxyl groups is 1. The van der Waals surface area contributed by atoms with Gasteiger partial charge in [-0.25, -0.2) is 8.42 Å². The van der Waals surface area contributed by atoms with Crippen molar-refractivity contribution in [3.8, 4) is 5.75 Å². The Kier molecular flexibility index (Phi) is 5.69. The summed E-state index contributed by atoms with van der Waals surface area (Å²) in [4.78, 5) is 25.1. The van der Waals surface area contributed by atoms with Crippen molar-refractivity contribution in [1.82, 2.24) is 4.31 Å². The van der Waals surface area contributed by atoms with Crippen LogP contribution in [0.4, 0.5) is 11.4 Å². The molecule has 0 aromatic heterocycles.